The minimum absolute atomic E-state index is 0.228. The van der Waals surface area contributed by atoms with Gasteiger partial charge in [-0.2, -0.15) is 0 Å². The molecule has 2 aromatic carbocycles. The number of nitrogens with one attached hydrogen (secondary N) is 1. The first-order valence-corrected chi connectivity index (χ1v) is 6.80. The summed E-state index contributed by atoms with van der Waals surface area (Å²) in [4.78, 5) is 11.4. The molecule has 0 saturated heterocycles. The highest BCUT2D eigenvalue weighted by Crippen LogP contribution is 2.26. The van der Waals surface area contributed by atoms with Gasteiger partial charge in [0.25, 0.3) is 0 Å². The summed E-state index contributed by atoms with van der Waals surface area (Å²) < 4.78 is 5.01. The maximum atomic E-state index is 11.4. The second-order valence-electron chi connectivity index (χ2n) is 5.35. The van der Waals surface area contributed by atoms with Crippen molar-refractivity contribution in [2.24, 2.45) is 0 Å². The standard InChI is InChI=1S/C17H17NO2/c1-11(2)12-4-3-5-14(8-12)18-15-6-7-16-13(9-15)10-20-17(16)19/h3-9,11,18H,10H2,1-2H3. The first-order valence-electron chi connectivity index (χ1n) is 6.80. The molecule has 0 radical (unpaired) electrons. The quantitative estimate of drug-likeness (QED) is 0.846. The van der Waals surface area contributed by atoms with Crippen molar-refractivity contribution in [2.75, 3.05) is 5.32 Å². The largest absolute Gasteiger partial charge is 0.457 e. The summed E-state index contributed by atoms with van der Waals surface area (Å²) in [6.07, 6.45) is 0. The van der Waals surface area contributed by atoms with Gasteiger partial charge in [-0.05, 0) is 41.8 Å². The van der Waals surface area contributed by atoms with Gasteiger partial charge < -0.3 is 10.1 Å². The van der Waals surface area contributed by atoms with E-state index in [0.717, 1.165) is 16.9 Å². The molecule has 102 valence electrons. The fourth-order valence-electron chi connectivity index (χ4n) is 2.35. The van der Waals surface area contributed by atoms with E-state index in [4.69, 9.17) is 4.74 Å². The van der Waals surface area contributed by atoms with E-state index in [1.54, 1.807) is 0 Å². The third kappa shape index (κ3) is 2.39. The zero-order valence-corrected chi connectivity index (χ0v) is 11.6. The fraction of sp³-hybridized carbons (Fsp3) is 0.235. The third-order valence-corrected chi connectivity index (χ3v) is 3.53. The second kappa shape index (κ2) is 5.00. The Bertz CT molecular complexity index is 662. The Morgan fingerprint density at radius 2 is 1.90 bits per heavy atom. The maximum absolute atomic E-state index is 11.4. The highest BCUT2D eigenvalue weighted by molar-refractivity contribution is 5.94. The monoisotopic (exact) mass is 267 g/mol. The number of fused-ring (bicyclic) bond motifs is 1. The van der Waals surface area contributed by atoms with Gasteiger partial charge in [0.15, 0.2) is 0 Å². The molecule has 0 unspecified atom stereocenters. The molecular formula is C17H17NO2. The van der Waals surface area contributed by atoms with Crippen LogP contribution in [0.25, 0.3) is 0 Å². The van der Waals surface area contributed by atoms with E-state index in [1.165, 1.54) is 5.56 Å². The summed E-state index contributed by atoms with van der Waals surface area (Å²) in [6, 6.07) is 14.1. The van der Waals surface area contributed by atoms with E-state index < -0.39 is 0 Å². The minimum atomic E-state index is -0.228. The number of carbonyl (C=O) groups excluding carboxylic acids is 1. The maximum Gasteiger partial charge on any atom is 0.338 e. The highest BCUT2D eigenvalue weighted by Gasteiger charge is 2.20. The molecule has 0 amide bonds. The number of hydrogen-bond acceptors (Lipinski definition) is 3. The summed E-state index contributed by atoms with van der Waals surface area (Å²) in [5, 5.41) is 3.38. The average molecular weight is 267 g/mol. The van der Waals surface area contributed by atoms with Crippen molar-refractivity contribution in [3.8, 4) is 0 Å². The molecule has 0 bridgehead atoms. The summed E-state index contributed by atoms with van der Waals surface area (Å²) in [7, 11) is 0. The van der Waals surface area contributed by atoms with Crippen LogP contribution in [-0.2, 0) is 11.3 Å². The number of ether oxygens (including phenoxy) is 1. The molecule has 3 nitrogen and oxygen atoms in total. The van der Waals surface area contributed by atoms with Crippen LogP contribution in [0.15, 0.2) is 42.5 Å². The molecule has 0 atom stereocenters. The van der Waals surface area contributed by atoms with Crippen molar-refractivity contribution in [2.45, 2.75) is 26.4 Å². The number of hydrogen-bond donors (Lipinski definition) is 1. The third-order valence-electron chi connectivity index (χ3n) is 3.53. The minimum Gasteiger partial charge on any atom is -0.457 e. The SMILES string of the molecule is CC(C)c1cccc(Nc2ccc3c(c2)COC3=O)c1. The van der Waals surface area contributed by atoms with Gasteiger partial charge in [0.2, 0.25) is 0 Å². The first kappa shape index (κ1) is 12.7. The van der Waals surface area contributed by atoms with Crippen LogP contribution in [-0.4, -0.2) is 5.97 Å². The fourth-order valence-corrected chi connectivity index (χ4v) is 2.35. The molecule has 1 aliphatic heterocycles. The Kier molecular flexibility index (Phi) is 3.18. The summed E-state index contributed by atoms with van der Waals surface area (Å²) in [5.74, 6) is 0.274. The Morgan fingerprint density at radius 3 is 2.70 bits per heavy atom. The molecule has 0 aromatic heterocycles. The number of cyclic esters (lactones) is 1. The van der Waals surface area contributed by atoms with Crippen molar-refractivity contribution in [1.82, 2.24) is 0 Å². The van der Waals surface area contributed by atoms with Gasteiger partial charge >= 0.3 is 5.97 Å². The molecule has 0 aliphatic carbocycles. The molecule has 1 aliphatic rings. The zero-order valence-electron chi connectivity index (χ0n) is 11.6. The summed E-state index contributed by atoms with van der Waals surface area (Å²) in [5.41, 5.74) is 4.95. The molecular weight excluding hydrogens is 250 g/mol. The van der Waals surface area contributed by atoms with Crippen molar-refractivity contribution in [3.63, 3.8) is 0 Å². The van der Waals surface area contributed by atoms with Gasteiger partial charge in [0.1, 0.15) is 6.61 Å². The lowest BCUT2D eigenvalue weighted by atomic mass is 10.0. The normalized spacial score (nSPS) is 13.2. The molecule has 0 spiro atoms. The van der Waals surface area contributed by atoms with Crippen LogP contribution in [0.3, 0.4) is 0 Å². The lowest BCUT2D eigenvalue weighted by molar-refractivity contribution is 0.0535. The molecule has 1 N–H and O–H groups in total. The van der Waals surface area contributed by atoms with Gasteiger partial charge in [0.05, 0.1) is 5.56 Å². The number of esters is 1. The van der Waals surface area contributed by atoms with Gasteiger partial charge in [-0.25, -0.2) is 4.79 Å². The van der Waals surface area contributed by atoms with Gasteiger partial charge in [-0.1, -0.05) is 26.0 Å². The molecule has 0 saturated carbocycles. The van der Waals surface area contributed by atoms with Crippen LogP contribution in [0.2, 0.25) is 0 Å². The number of carbonyl (C=O) groups is 1. The molecule has 2 aromatic rings. The topological polar surface area (TPSA) is 38.3 Å². The molecule has 0 fully saturated rings. The van der Waals surface area contributed by atoms with E-state index in [9.17, 15) is 4.79 Å². The van der Waals surface area contributed by atoms with Crippen LogP contribution in [0.1, 0.15) is 41.3 Å². The van der Waals surface area contributed by atoms with Crippen LogP contribution in [0, 0.1) is 0 Å². The van der Waals surface area contributed by atoms with Gasteiger partial charge in [-0.3, -0.25) is 0 Å². The summed E-state index contributed by atoms with van der Waals surface area (Å²) in [6.45, 7) is 4.73. The average Bonchev–Trinajstić information content (AvgIpc) is 2.80. The Morgan fingerprint density at radius 1 is 1.10 bits per heavy atom. The number of benzene rings is 2. The Hall–Kier alpha value is -2.29. The van der Waals surface area contributed by atoms with Crippen LogP contribution in [0.4, 0.5) is 11.4 Å². The lowest BCUT2D eigenvalue weighted by Gasteiger charge is -2.11. The highest BCUT2D eigenvalue weighted by atomic mass is 16.5. The zero-order chi connectivity index (χ0) is 14.1. The van der Waals surface area contributed by atoms with Gasteiger partial charge in [-0.15, -0.1) is 0 Å². The Balaban J connectivity index is 1.85. The van der Waals surface area contributed by atoms with E-state index in [1.807, 2.05) is 24.3 Å². The van der Waals surface area contributed by atoms with E-state index >= 15 is 0 Å². The van der Waals surface area contributed by atoms with Crippen molar-refractivity contribution in [3.05, 3.63) is 59.2 Å². The van der Waals surface area contributed by atoms with Crippen molar-refractivity contribution >= 4 is 17.3 Å². The Labute approximate surface area is 118 Å². The second-order valence-corrected chi connectivity index (χ2v) is 5.35. The number of rotatable bonds is 3. The predicted octanol–water partition coefficient (Wildman–Crippen LogP) is 4.22. The van der Waals surface area contributed by atoms with Crippen molar-refractivity contribution < 1.29 is 9.53 Å². The molecule has 20 heavy (non-hydrogen) atoms. The van der Waals surface area contributed by atoms with Crippen LogP contribution < -0.4 is 5.32 Å². The van der Waals surface area contributed by atoms with E-state index in [2.05, 4.69) is 37.4 Å². The predicted molar refractivity (Wildman–Crippen MR) is 79.4 cm³/mol. The molecule has 3 rings (SSSR count). The van der Waals surface area contributed by atoms with Crippen LogP contribution in [0.5, 0.6) is 0 Å². The molecule has 3 heteroatoms. The van der Waals surface area contributed by atoms with E-state index in [0.29, 0.717) is 18.1 Å². The lowest BCUT2D eigenvalue weighted by Crippen LogP contribution is -1.96. The van der Waals surface area contributed by atoms with Crippen LogP contribution >= 0.6 is 0 Å². The number of anilines is 2. The van der Waals surface area contributed by atoms with Gasteiger partial charge in [0, 0.05) is 16.9 Å². The van der Waals surface area contributed by atoms with E-state index in [-0.39, 0.29) is 5.97 Å². The summed E-state index contributed by atoms with van der Waals surface area (Å²) >= 11 is 0. The smallest absolute Gasteiger partial charge is 0.338 e. The molecule has 1 heterocycles. The first-order chi connectivity index (χ1) is 9.63. The van der Waals surface area contributed by atoms with Crippen molar-refractivity contribution in [1.29, 1.82) is 0 Å².